The van der Waals surface area contributed by atoms with Gasteiger partial charge in [-0.15, -0.1) is 11.3 Å². The van der Waals surface area contributed by atoms with E-state index in [1.165, 1.54) is 25.7 Å². The second kappa shape index (κ2) is 12.4. The molecule has 6 aromatic carbocycles. The maximum Gasteiger partial charge on any atom is 0.160 e. The van der Waals surface area contributed by atoms with Crippen LogP contribution >= 0.6 is 11.3 Å². The Balaban J connectivity index is 1.27. The molecule has 0 spiro atoms. The molecule has 49 heavy (non-hydrogen) atoms. The zero-order valence-corrected chi connectivity index (χ0v) is 27.3. The maximum atomic E-state index is 5.23. The van der Waals surface area contributed by atoms with E-state index in [0.29, 0.717) is 5.82 Å². The number of fused-ring (bicyclic) bond motifs is 3. The van der Waals surface area contributed by atoms with Crippen LogP contribution in [0.4, 0.5) is 0 Å². The first-order valence-corrected chi connectivity index (χ1v) is 17.2. The summed E-state index contributed by atoms with van der Waals surface area (Å²) in [5.74, 6) is 0.695. The van der Waals surface area contributed by atoms with Crippen LogP contribution < -0.4 is 0 Å². The van der Waals surface area contributed by atoms with Crippen LogP contribution in [0.2, 0.25) is 0 Å². The molecule has 0 saturated heterocycles. The normalized spacial score (nSPS) is 11.3. The first-order valence-electron chi connectivity index (χ1n) is 16.3. The third-order valence-corrected chi connectivity index (χ3v) is 10.2. The van der Waals surface area contributed by atoms with Crippen molar-refractivity contribution in [3.05, 3.63) is 176 Å². The van der Waals surface area contributed by atoms with Crippen LogP contribution in [0, 0.1) is 0 Å². The van der Waals surface area contributed by atoms with Crippen molar-refractivity contribution < 1.29 is 0 Å². The SMILES string of the molecule is c1ccc(-c2cc(-c3cc(-c4cccc(-c5ccncc5)c4)nc(-c4ccccc4)n3)cc(-c3cccc4c3sc3ccccc34)c2)cc1. The molecule has 0 radical (unpaired) electrons. The summed E-state index contributed by atoms with van der Waals surface area (Å²) >= 11 is 1.86. The van der Waals surface area contributed by atoms with Gasteiger partial charge in [0.15, 0.2) is 5.82 Å². The largest absolute Gasteiger partial charge is 0.265 e. The average molecular weight is 644 g/mol. The molecule has 0 aliphatic rings. The van der Waals surface area contributed by atoms with Crippen LogP contribution in [0.3, 0.4) is 0 Å². The number of hydrogen-bond donors (Lipinski definition) is 0. The lowest BCUT2D eigenvalue weighted by Gasteiger charge is -2.14. The standard InChI is InChI=1S/C45H29N3S/c1-3-11-30(12-4-1)35-26-36(38-18-10-19-40-39-17-7-8-20-43(39)49-44(38)40)28-37(27-35)42-29-41(47-45(48-42)32-13-5-2-6-14-32)34-16-9-15-33(25-34)31-21-23-46-24-22-31/h1-29H. The van der Waals surface area contributed by atoms with Crippen molar-refractivity contribution >= 4 is 31.5 Å². The molecular formula is C45H29N3S. The van der Waals surface area contributed by atoms with Gasteiger partial charge in [-0.3, -0.25) is 4.98 Å². The minimum absolute atomic E-state index is 0.695. The molecule has 3 nitrogen and oxygen atoms in total. The van der Waals surface area contributed by atoms with Crippen LogP contribution in [0.25, 0.3) is 87.5 Å². The molecule has 0 atom stereocenters. The summed E-state index contributed by atoms with van der Waals surface area (Å²) in [7, 11) is 0. The Kier molecular flexibility index (Phi) is 7.34. The second-order valence-electron chi connectivity index (χ2n) is 12.1. The van der Waals surface area contributed by atoms with Crippen LogP contribution in [0.15, 0.2) is 176 Å². The fourth-order valence-electron chi connectivity index (χ4n) is 6.56. The molecule has 9 aromatic rings. The maximum absolute atomic E-state index is 5.23. The highest BCUT2D eigenvalue weighted by Gasteiger charge is 2.16. The smallest absolute Gasteiger partial charge is 0.160 e. The Morgan fingerprint density at radius 3 is 1.76 bits per heavy atom. The van der Waals surface area contributed by atoms with Crippen LogP contribution in [0.1, 0.15) is 0 Å². The summed E-state index contributed by atoms with van der Waals surface area (Å²) in [5, 5.41) is 2.58. The Hall–Kier alpha value is -6.23. The monoisotopic (exact) mass is 643 g/mol. The number of aromatic nitrogens is 3. The summed E-state index contributed by atoms with van der Waals surface area (Å²) in [4.78, 5) is 14.6. The summed E-state index contributed by atoms with van der Waals surface area (Å²) in [5.41, 5.74) is 11.7. The van der Waals surface area contributed by atoms with Gasteiger partial charge in [0.25, 0.3) is 0 Å². The molecule has 0 fully saturated rings. The fraction of sp³-hybridized carbons (Fsp3) is 0. The number of thiophene rings is 1. The van der Waals surface area contributed by atoms with E-state index >= 15 is 0 Å². The quantitative estimate of drug-likeness (QED) is 0.181. The number of hydrogen-bond acceptors (Lipinski definition) is 4. The zero-order valence-electron chi connectivity index (χ0n) is 26.5. The molecule has 0 saturated carbocycles. The van der Waals surface area contributed by atoms with E-state index in [4.69, 9.17) is 9.97 Å². The van der Waals surface area contributed by atoms with Crippen LogP contribution in [-0.4, -0.2) is 15.0 Å². The molecule has 4 heteroatoms. The van der Waals surface area contributed by atoms with Crippen LogP contribution in [0.5, 0.6) is 0 Å². The molecule has 0 amide bonds. The Labute approximate surface area is 288 Å². The molecule has 3 aromatic heterocycles. The van der Waals surface area contributed by atoms with Gasteiger partial charge in [-0.2, -0.15) is 0 Å². The van der Waals surface area contributed by atoms with Crippen molar-refractivity contribution in [2.75, 3.05) is 0 Å². The molecular weight excluding hydrogens is 615 g/mol. The van der Waals surface area contributed by atoms with E-state index in [1.54, 1.807) is 0 Å². The van der Waals surface area contributed by atoms with Crippen molar-refractivity contribution in [3.63, 3.8) is 0 Å². The van der Waals surface area contributed by atoms with Gasteiger partial charge >= 0.3 is 0 Å². The van der Waals surface area contributed by atoms with E-state index in [9.17, 15) is 0 Å². The third-order valence-electron chi connectivity index (χ3n) is 8.98. The van der Waals surface area contributed by atoms with Crippen molar-refractivity contribution in [1.82, 2.24) is 15.0 Å². The van der Waals surface area contributed by atoms with Gasteiger partial charge in [0.1, 0.15) is 0 Å². The number of nitrogens with zero attached hydrogens (tertiary/aromatic N) is 3. The van der Waals surface area contributed by atoms with Gasteiger partial charge in [0.2, 0.25) is 0 Å². The minimum atomic E-state index is 0.695. The number of benzene rings is 6. The minimum Gasteiger partial charge on any atom is -0.265 e. The van der Waals surface area contributed by atoms with Crippen molar-refractivity contribution in [3.8, 4) is 67.3 Å². The van der Waals surface area contributed by atoms with E-state index in [-0.39, 0.29) is 0 Å². The molecule has 0 bridgehead atoms. The van der Waals surface area contributed by atoms with Gasteiger partial charge < -0.3 is 0 Å². The molecule has 230 valence electrons. The number of pyridine rings is 1. The zero-order chi connectivity index (χ0) is 32.6. The van der Waals surface area contributed by atoms with E-state index in [1.807, 2.05) is 54.1 Å². The third kappa shape index (κ3) is 5.58. The lowest BCUT2D eigenvalue weighted by atomic mass is 9.93. The lowest BCUT2D eigenvalue weighted by Crippen LogP contribution is -1.97. The van der Waals surface area contributed by atoms with Gasteiger partial charge in [0, 0.05) is 49.3 Å². The highest BCUT2D eigenvalue weighted by molar-refractivity contribution is 7.26. The Morgan fingerprint density at radius 1 is 0.367 bits per heavy atom. The fourth-order valence-corrected chi connectivity index (χ4v) is 7.80. The Bertz CT molecular complexity index is 2590. The Morgan fingerprint density at radius 2 is 0.939 bits per heavy atom. The first kappa shape index (κ1) is 29.0. The van der Waals surface area contributed by atoms with E-state index in [0.717, 1.165) is 55.9 Å². The molecule has 0 N–H and O–H groups in total. The summed E-state index contributed by atoms with van der Waals surface area (Å²) < 4.78 is 2.59. The first-order chi connectivity index (χ1) is 24.3. The summed E-state index contributed by atoms with van der Waals surface area (Å²) in [6.07, 6.45) is 3.66. The predicted octanol–water partition coefficient (Wildman–Crippen LogP) is 12.2. The van der Waals surface area contributed by atoms with Crippen molar-refractivity contribution in [2.45, 2.75) is 0 Å². The predicted molar refractivity (Wildman–Crippen MR) is 205 cm³/mol. The summed E-state index contributed by atoms with van der Waals surface area (Å²) in [6, 6.07) is 57.8. The molecule has 0 aliphatic carbocycles. The topological polar surface area (TPSA) is 38.7 Å². The molecule has 9 rings (SSSR count). The molecule has 3 heterocycles. The van der Waals surface area contributed by atoms with Crippen molar-refractivity contribution in [1.29, 1.82) is 0 Å². The molecule has 0 unspecified atom stereocenters. The molecule has 0 aliphatic heterocycles. The van der Waals surface area contributed by atoms with E-state index in [2.05, 4.69) is 138 Å². The van der Waals surface area contributed by atoms with Gasteiger partial charge in [0.05, 0.1) is 11.4 Å². The van der Waals surface area contributed by atoms with E-state index < -0.39 is 0 Å². The highest BCUT2D eigenvalue weighted by atomic mass is 32.1. The van der Waals surface area contributed by atoms with Crippen molar-refractivity contribution in [2.24, 2.45) is 0 Å². The number of rotatable bonds is 6. The second-order valence-corrected chi connectivity index (χ2v) is 13.1. The van der Waals surface area contributed by atoms with Gasteiger partial charge in [-0.05, 0) is 81.9 Å². The van der Waals surface area contributed by atoms with Gasteiger partial charge in [-0.1, -0.05) is 115 Å². The average Bonchev–Trinajstić information content (AvgIpc) is 3.58. The lowest BCUT2D eigenvalue weighted by molar-refractivity contribution is 1.18. The van der Waals surface area contributed by atoms with Crippen LogP contribution in [-0.2, 0) is 0 Å². The highest BCUT2D eigenvalue weighted by Crippen LogP contribution is 2.42. The van der Waals surface area contributed by atoms with Gasteiger partial charge in [-0.25, -0.2) is 9.97 Å². The summed E-state index contributed by atoms with van der Waals surface area (Å²) in [6.45, 7) is 0.